The van der Waals surface area contributed by atoms with Crippen LogP contribution in [0.5, 0.6) is 0 Å². The third kappa shape index (κ3) is 2.71. The zero-order valence-corrected chi connectivity index (χ0v) is 12.8. The first-order chi connectivity index (χ1) is 10.6. The van der Waals surface area contributed by atoms with Crippen molar-refractivity contribution in [3.63, 3.8) is 0 Å². The number of hydrogen-bond acceptors (Lipinski definition) is 5. The highest BCUT2D eigenvalue weighted by Crippen LogP contribution is 2.26. The average Bonchev–Trinajstić information content (AvgIpc) is 2.83. The van der Waals surface area contributed by atoms with Crippen molar-refractivity contribution in [2.75, 3.05) is 5.73 Å². The summed E-state index contributed by atoms with van der Waals surface area (Å²) < 4.78 is 1.89. The van der Waals surface area contributed by atoms with Crippen LogP contribution < -0.4 is 10.3 Å². The molecule has 0 saturated carbocycles. The van der Waals surface area contributed by atoms with Crippen LogP contribution in [0, 0.1) is 10.1 Å². The molecule has 0 radical (unpaired) electrons. The van der Waals surface area contributed by atoms with Crippen LogP contribution in [0.2, 0.25) is 0 Å². The first-order valence-corrected chi connectivity index (χ1v) is 7.95. The number of non-ortho nitro benzene ring substituents is 1. The highest BCUT2D eigenvalue weighted by atomic mass is 32.1. The van der Waals surface area contributed by atoms with Gasteiger partial charge in [0.25, 0.3) is 5.69 Å². The van der Waals surface area contributed by atoms with Crippen molar-refractivity contribution in [1.82, 2.24) is 0 Å². The van der Waals surface area contributed by atoms with Gasteiger partial charge in [0.05, 0.1) is 9.80 Å². The maximum absolute atomic E-state index is 12.4. The third-order valence-corrected chi connectivity index (χ3v) is 5.03. The molecule has 0 amide bonds. The number of rotatable bonds is 4. The minimum atomic E-state index is -0.476. The topological polar surface area (TPSA) is 90.1 Å². The zero-order valence-electron chi connectivity index (χ0n) is 11.9. The van der Waals surface area contributed by atoms with Gasteiger partial charge in [0, 0.05) is 24.1 Å². The van der Waals surface area contributed by atoms with Crippen LogP contribution in [0.1, 0.15) is 33.8 Å². The third-order valence-electron chi connectivity index (χ3n) is 3.91. The number of thiazole rings is 1. The second kappa shape index (κ2) is 5.84. The van der Waals surface area contributed by atoms with E-state index in [1.807, 2.05) is 4.57 Å². The Morgan fingerprint density at radius 3 is 2.64 bits per heavy atom. The Morgan fingerprint density at radius 2 is 1.95 bits per heavy atom. The number of benzene rings is 1. The normalized spacial score (nSPS) is 13.6. The number of nitro benzene ring substituents is 1. The lowest BCUT2D eigenvalue weighted by atomic mass is 10.0. The maximum atomic E-state index is 12.4. The lowest BCUT2D eigenvalue weighted by molar-refractivity contribution is -0.672. The molecule has 2 aromatic rings. The van der Waals surface area contributed by atoms with E-state index in [1.165, 1.54) is 41.3 Å². The van der Waals surface area contributed by atoms with Crippen molar-refractivity contribution in [3.8, 4) is 0 Å². The van der Waals surface area contributed by atoms with Gasteiger partial charge in [0.15, 0.2) is 6.54 Å². The number of nitrogens with two attached hydrogens (primary N) is 1. The Hall–Kier alpha value is -2.28. The van der Waals surface area contributed by atoms with Crippen molar-refractivity contribution in [2.24, 2.45) is 0 Å². The van der Waals surface area contributed by atoms with Gasteiger partial charge in [-0.25, -0.2) is 4.57 Å². The molecule has 114 valence electrons. The molecule has 0 aliphatic heterocycles. The fourth-order valence-electron chi connectivity index (χ4n) is 2.75. The quantitative estimate of drug-likeness (QED) is 0.405. The first-order valence-electron chi connectivity index (χ1n) is 7.14. The number of ketones is 1. The molecular formula is C15H16N3O3S+. The Labute approximate surface area is 131 Å². The van der Waals surface area contributed by atoms with Crippen molar-refractivity contribution in [2.45, 2.75) is 32.2 Å². The van der Waals surface area contributed by atoms with Gasteiger partial charge in [0.2, 0.25) is 5.78 Å². The standard InChI is InChI=1S/C15H15N3O3S/c16-15-17(12-3-1-2-4-14(12)22-15)9-13(19)10-5-7-11(8-6-10)18(20)21/h5-8,16H,1-4,9H2/p+1. The molecule has 1 aromatic carbocycles. The maximum Gasteiger partial charge on any atom is 0.332 e. The summed E-state index contributed by atoms with van der Waals surface area (Å²) in [5.74, 6) is -0.0854. The minimum absolute atomic E-state index is 0.0170. The summed E-state index contributed by atoms with van der Waals surface area (Å²) in [5.41, 5.74) is 7.67. The predicted molar refractivity (Wildman–Crippen MR) is 83.0 cm³/mol. The Bertz CT molecular complexity index is 737. The van der Waals surface area contributed by atoms with Crippen LogP contribution in [0.3, 0.4) is 0 Å². The van der Waals surface area contributed by atoms with Gasteiger partial charge >= 0.3 is 5.13 Å². The number of fused-ring (bicyclic) bond motifs is 1. The van der Waals surface area contributed by atoms with E-state index in [-0.39, 0.29) is 18.0 Å². The largest absolute Gasteiger partial charge is 0.332 e. The van der Waals surface area contributed by atoms with Crippen molar-refractivity contribution in [3.05, 3.63) is 50.5 Å². The number of anilines is 1. The van der Waals surface area contributed by atoms with E-state index in [4.69, 9.17) is 5.73 Å². The van der Waals surface area contributed by atoms with Crippen LogP contribution in [0.4, 0.5) is 10.8 Å². The summed E-state index contributed by atoms with van der Waals surface area (Å²) >= 11 is 1.56. The smallest absolute Gasteiger partial charge is 0.290 e. The zero-order chi connectivity index (χ0) is 15.7. The first kappa shape index (κ1) is 14.6. The fraction of sp³-hybridized carbons (Fsp3) is 0.333. The molecule has 0 spiro atoms. The number of aromatic nitrogens is 1. The van der Waals surface area contributed by atoms with Gasteiger partial charge in [-0.2, -0.15) is 0 Å². The molecule has 1 aliphatic rings. The van der Waals surface area contributed by atoms with Crippen molar-refractivity contribution >= 4 is 27.9 Å². The van der Waals surface area contributed by atoms with Crippen LogP contribution in [-0.2, 0) is 19.4 Å². The number of nitro groups is 1. The van der Waals surface area contributed by atoms with Crippen molar-refractivity contribution in [1.29, 1.82) is 0 Å². The molecule has 0 bridgehead atoms. The second-order valence-corrected chi connectivity index (χ2v) is 6.45. The molecule has 1 heterocycles. The minimum Gasteiger partial charge on any atom is -0.290 e. The molecule has 7 heteroatoms. The lowest BCUT2D eigenvalue weighted by Gasteiger charge is -2.10. The monoisotopic (exact) mass is 318 g/mol. The summed E-state index contributed by atoms with van der Waals surface area (Å²) in [6.07, 6.45) is 4.28. The van der Waals surface area contributed by atoms with E-state index < -0.39 is 4.92 Å². The highest BCUT2D eigenvalue weighted by Gasteiger charge is 2.25. The number of Topliss-reactive ketones (excluding diaryl/α,β-unsaturated/α-hetero) is 1. The predicted octanol–water partition coefficient (Wildman–Crippen LogP) is 2.29. The Kier molecular flexibility index (Phi) is 3.89. The molecule has 0 saturated heterocycles. The molecule has 0 atom stereocenters. The molecule has 0 fully saturated rings. The molecular weight excluding hydrogens is 302 g/mol. The molecule has 1 aromatic heterocycles. The molecule has 22 heavy (non-hydrogen) atoms. The highest BCUT2D eigenvalue weighted by molar-refractivity contribution is 7.15. The number of nitrogens with zero attached hydrogens (tertiary/aromatic N) is 2. The number of hydrogen-bond donors (Lipinski definition) is 1. The van der Waals surface area contributed by atoms with Crippen LogP contribution >= 0.6 is 11.3 Å². The summed E-state index contributed by atoms with van der Waals surface area (Å²) in [5, 5.41) is 11.3. The van der Waals surface area contributed by atoms with E-state index in [0.717, 1.165) is 19.3 Å². The summed E-state index contributed by atoms with van der Waals surface area (Å²) in [4.78, 5) is 23.8. The molecule has 1 aliphatic carbocycles. The van der Waals surface area contributed by atoms with E-state index in [2.05, 4.69) is 0 Å². The van der Waals surface area contributed by atoms with Crippen LogP contribution in [0.25, 0.3) is 0 Å². The Morgan fingerprint density at radius 1 is 1.27 bits per heavy atom. The molecule has 6 nitrogen and oxygen atoms in total. The fourth-order valence-corrected chi connectivity index (χ4v) is 3.86. The van der Waals surface area contributed by atoms with Gasteiger partial charge in [0.1, 0.15) is 5.69 Å². The SMILES string of the molecule is Nc1sc2c([n+]1CC(=O)c1ccc([N+](=O)[O-])cc1)CCCC2. The van der Waals surface area contributed by atoms with Crippen LogP contribution in [0.15, 0.2) is 24.3 Å². The summed E-state index contributed by atoms with van der Waals surface area (Å²) in [7, 11) is 0. The van der Waals surface area contributed by atoms with E-state index in [9.17, 15) is 14.9 Å². The second-order valence-electron chi connectivity index (χ2n) is 5.33. The molecule has 3 rings (SSSR count). The summed E-state index contributed by atoms with van der Waals surface area (Å²) in [6, 6.07) is 5.70. The van der Waals surface area contributed by atoms with Crippen molar-refractivity contribution < 1.29 is 14.3 Å². The number of carbonyl (C=O) groups is 1. The number of aryl methyl sites for hydroxylation is 1. The van der Waals surface area contributed by atoms with E-state index >= 15 is 0 Å². The van der Waals surface area contributed by atoms with E-state index in [1.54, 1.807) is 11.3 Å². The number of nitrogen functional groups attached to an aromatic ring is 1. The van der Waals surface area contributed by atoms with Gasteiger partial charge in [-0.1, -0.05) is 11.3 Å². The molecule has 0 unspecified atom stereocenters. The Balaban J connectivity index is 1.82. The van der Waals surface area contributed by atoms with E-state index in [0.29, 0.717) is 10.7 Å². The van der Waals surface area contributed by atoms with Gasteiger partial charge in [-0.05, 0) is 31.4 Å². The van der Waals surface area contributed by atoms with Gasteiger partial charge in [-0.15, -0.1) is 0 Å². The average molecular weight is 318 g/mol. The van der Waals surface area contributed by atoms with Crippen LogP contribution in [-0.4, -0.2) is 10.7 Å². The number of carbonyl (C=O) groups excluding carboxylic acids is 1. The summed E-state index contributed by atoms with van der Waals surface area (Å²) in [6.45, 7) is 0.190. The van der Waals surface area contributed by atoms with Gasteiger partial charge < -0.3 is 0 Å². The van der Waals surface area contributed by atoms with Gasteiger partial charge in [-0.3, -0.25) is 20.6 Å². The lowest BCUT2D eigenvalue weighted by Crippen LogP contribution is -2.43. The molecule has 2 N–H and O–H groups in total.